The van der Waals surface area contributed by atoms with Crippen molar-refractivity contribution in [3.8, 4) is 0 Å². The van der Waals surface area contributed by atoms with E-state index in [2.05, 4.69) is 0 Å². The topological polar surface area (TPSA) is 95.0 Å². The quantitative estimate of drug-likeness (QED) is 0.881. The Morgan fingerprint density at radius 3 is 2.23 bits per heavy atom. The molecular formula is C14H18N2O5S. The van der Waals surface area contributed by atoms with Crippen LogP contribution < -0.4 is 0 Å². The van der Waals surface area contributed by atoms with Gasteiger partial charge < -0.3 is 14.9 Å². The molecule has 7 nitrogen and oxygen atoms in total. The molecule has 1 aliphatic rings. The fraction of sp³-hybridized carbons (Fsp3) is 0.429. The van der Waals surface area contributed by atoms with E-state index < -0.39 is 15.8 Å². The summed E-state index contributed by atoms with van der Waals surface area (Å²) in [5.74, 6) is -0.995. The van der Waals surface area contributed by atoms with Crippen LogP contribution in [0.1, 0.15) is 15.9 Å². The van der Waals surface area contributed by atoms with Gasteiger partial charge in [-0.3, -0.25) is 0 Å². The number of carboxylic acid groups (broad SMARTS) is 1. The number of urea groups is 1. The molecule has 1 aromatic rings. The Kier molecular flexibility index (Phi) is 4.70. The highest BCUT2D eigenvalue weighted by Gasteiger charge is 2.26. The molecule has 0 atom stereocenters. The molecule has 0 bridgehead atoms. The Hall–Kier alpha value is -2.09. The van der Waals surface area contributed by atoms with E-state index in [4.69, 9.17) is 5.11 Å². The molecule has 0 aliphatic carbocycles. The number of sulfone groups is 1. The number of amides is 2. The SMILES string of the molecule is CN(Cc1ccc(C(=O)O)cc1)C(=O)N1CCS(=O)(=O)CC1. The summed E-state index contributed by atoms with van der Waals surface area (Å²) in [6.07, 6.45) is 0. The number of carbonyl (C=O) groups excluding carboxylic acids is 1. The van der Waals surface area contributed by atoms with Crippen molar-refractivity contribution in [2.45, 2.75) is 6.54 Å². The first-order valence-electron chi connectivity index (χ1n) is 6.81. The Labute approximate surface area is 129 Å². The molecule has 2 amide bonds. The minimum Gasteiger partial charge on any atom is -0.478 e. The largest absolute Gasteiger partial charge is 0.478 e. The van der Waals surface area contributed by atoms with E-state index >= 15 is 0 Å². The number of carbonyl (C=O) groups is 2. The van der Waals surface area contributed by atoms with Gasteiger partial charge >= 0.3 is 12.0 Å². The Bertz CT molecular complexity index is 655. The number of rotatable bonds is 3. The van der Waals surface area contributed by atoms with E-state index in [1.165, 1.54) is 21.9 Å². The highest BCUT2D eigenvalue weighted by molar-refractivity contribution is 7.91. The molecule has 1 heterocycles. The van der Waals surface area contributed by atoms with Crippen molar-refractivity contribution in [2.75, 3.05) is 31.6 Å². The van der Waals surface area contributed by atoms with Gasteiger partial charge in [-0.25, -0.2) is 18.0 Å². The monoisotopic (exact) mass is 326 g/mol. The fourth-order valence-corrected chi connectivity index (χ4v) is 3.44. The van der Waals surface area contributed by atoms with Gasteiger partial charge in [0.1, 0.15) is 0 Å². The number of carboxylic acids is 1. The van der Waals surface area contributed by atoms with Crippen LogP contribution in [0.4, 0.5) is 4.79 Å². The molecule has 0 spiro atoms. The van der Waals surface area contributed by atoms with Crippen LogP contribution >= 0.6 is 0 Å². The Balaban J connectivity index is 1.95. The van der Waals surface area contributed by atoms with Gasteiger partial charge in [0.05, 0.1) is 17.1 Å². The maximum atomic E-state index is 12.3. The first-order valence-corrected chi connectivity index (χ1v) is 8.63. The Morgan fingerprint density at radius 2 is 1.73 bits per heavy atom. The van der Waals surface area contributed by atoms with E-state index in [0.717, 1.165) is 5.56 Å². The average molecular weight is 326 g/mol. The third-order valence-electron chi connectivity index (χ3n) is 3.56. The molecule has 120 valence electrons. The molecule has 8 heteroatoms. The summed E-state index contributed by atoms with van der Waals surface area (Å²) in [7, 11) is -1.38. The number of hydrogen-bond donors (Lipinski definition) is 1. The second-order valence-electron chi connectivity index (χ2n) is 5.28. The van der Waals surface area contributed by atoms with Gasteiger partial charge in [-0.1, -0.05) is 12.1 Å². The first-order chi connectivity index (χ1) is 10.3. The molecule has 1 N–H and O–H groups in total. The zero-order valence-corrected chi connectivity index (χ0v) is 13.0. The van der Waals surface area contributed by atoms with Crippen LogP contribution in [-0.4, -0.2) is 67.0 Å². The van der Waals surface area contributed by atoms with Crippen molar-refractivity contribution in [1.82, 2.24) is 9.80 Å². The molecule has 1 saturated heterocycles. The highest BCUT2D eigenvalue weighted by Crippen LogP contribution is 2.11. The van der Waals surface area contributed by atoms with E-state index in [9.17, 15) is 18.0 Å². The van der Waals surface area contributed by atoms with Crippen LogP contribution in [-0.2, 0) is 16.4 Å². The molecule has 1 aliphatic heterocycles. The second kappa shape index (κ2) is 6.35. The number of hydrogen-bond acceptors (Lipinski definition) is 4. The van der Waals surface area contributed by atoms with Crippen LogP contribution in [0, 0.1) is 0 Å². The lowest BCUT2D eigenvalue weighted by Gasteiger charge is -2.31. The molecule has 0 unspecified atom stereocenters. The van der Waals surface area contributed by atoms with Crippen molar-refractivity contribution in [3.05, 3.63) is 35.4 Å². The van der Waals surface area contributed by atoms with Crippen molar-refractivity contribution < 1.29 is 23.1 Å². The van der Waals surface area contributed by atoms with Crippen LogP contribution in [0.2, 0.25) is 0 Å². The molecule has 22 heavy (non-hydrogen) atoms. The van der Waals surface area contributed by atoms with Gasteiger partial charge in [0.2, 0.25) is 0 Å². The van der Waals surface area contributed by atoms with E-state index in [0.29, 0.717) is 6.54 Å². The van der Waals surface area contributed by atoms with Gasteiger partial charge in [-0.2, -0.15) is 0 Å². The molecule has 2 rings (SSSR count). The van der Waals surface area contributed by atoms with E-state index in [-0.39, 0.29) is 36.2 Å². The van der Waals surface area contributed by atoms with Crippen LogP contribution in [0.15, 0.2) is 24.3 Å². The molecular weight excluding hydrogens is 308 g/mol. The molecule has 1 fully saturated rings. The minimum absolute atomic E-state index is 0.000111. The summed E-state index contributed by atoms with van der Waals surface area (Å²) in [5.41, 5.74) is 1.00. The van der Waals surface area contributed by atoms with Crippen molar-refractivity contribution >= 4 is 21.8 Å². The maximum absolute atomic E-state index is 12.3. The lowest BCUT2D eigenvalue weighted by atomic mass is 10.1. The fourth-order valence-electron chi connectivity index (χ4n) is 2.24. The van der Waals surface area contributed by atoms with Gasteiger partial charge in [0.15, 0.2) is 9.84 Å². The zero-order chi connectivity index (χ0) is 16.3. The first kappa shape index (κ1) is 16.3. The zero-order valence-electron chi connectivity index (χ0n) is 12.2. The van der Waals surface area contributed by atoms with Crippen molar-refractivity contribution in [3.63, 3.8) is 0 Å². The molecule has 0 radical (unpaired) electrons. The van der Waals surface area contributed by atoms with Crippen LogP contribution in [0.3, 0.4) is 0 Å². The Morgan fingerprint density at radius 1 is 1.18 bits per heavy atom. The third-order valence-corrected chi connectivity index (χ3v) is 5.17. The minimum atomic E-state index is -3.01. The summed E-state index contributed by atoms with van der Waals surface area (Å²) in [4.78, 5) is 26.0. The van der Waals surface area contributed by atoms with Crippen LogP contribution in [0.25, 0.3) is 0 Å². The lowest BCUT2D eigenvalue weighted by Crippen LogP contribution is -2.48. The highest BCUT2D eigenvalue weighted by atomic mass is 32.2. The lowest BCUT2D eigenvalue weighted by molar-refractivity contribution is 0.0696. The standard InChI is InChI=1S/C14H18N2O5S/c1-15(10-11-2-4-12(5-3-11)13(17)18)14(19)16-6-8-22(20,21)9-7-16/h2-5H,6-10H2,1H3,(H,17,18). The summed E-state index contributed by atoms with van der Waals surface area (Å²) >= 11 is 0. The maximum Gasteiger partial charge on any atom is 0.335 e. The molecule has 0 saturated carbocycles. The van der Waals surface area contributed by atoms with Crippen molar-refractivity contribution in [1.29, 1.82) is 0 Å². The summed E-state index contributed by atoms with van der Waals surface area (Å²) in [6.45, 7) is 0.759. The summed E-state index contributed by atoms with van der Waals surface area (Å²) in [6, 6.07) is 6.08. The smallest absolute Gasteiger partial charge is 0.335 e. The van der Waals surface area contributed by atoms with E-state index in [1.54, 1.807) is 19.2 Å². The second-order valence-corrected chi connectivity index (χ2v) is 7.58. The van der Waals surface area contributed by atoms with E-state index in [1.807, 2.05) is 0 Å². The summed E-state index contributed by atoms with van der Waals surface area (Å²) in [5, 5.41) is 8.84. The number of nitrogens with zero attached hydrogens (tertiary/aromatic N) is 2. The normalized spacial score (nSPS) is 17.0. The molecule has 1 aromatic carbocycles. The van der Waals surface area contributed by atoms with Gasteiger partial charge in [0, 0.05) is 26.7 Å². The van der Waals surface area contributed by atoms with Crippen LogP contribution in [0.5, 0.6) is 0 Å². The third kappa shape index (κ3) is 3.97. The number of benzene rings is 1. The molecule has 0 aromatic heterocycles. The van der Waals surface area contributed by atoms with Crippen molar-refractivity contribution in [2.24, 2.45) is 0 Å². The van der Waals surface area contributed by atoms with Gasteiger partial charge in [-0.05, 0) is 17.7 Å². The predicted molar refractivity (Wildman–Crippen MR) is 80.5 cm³/mol. The predicted octanol–water partition coefficient (Wildman–Crippen LogP) is 0.667. The van der Waals surface area contributed by atoms with Gasteiger partial charge in [0.25, 0.3) is 0 Å². The summed E-state index contributed by atoms with van der Waals surface area (Å²) < 4.78 is 22.7. The van der Waals surface area contributed by atoms with Gasteiger partial charge in [-0.15, -0.1) is 0 Å². The number of aromatic carboxylic acids is 1. The average Bonchev–Trinajstić information content (AvgIpc) is 2.47.